The van der Waals surface area contributed by atoms with Gasteiger partial charge in [0.05, 0.1) is 21.2 Å². The fraction of sp³-hybridized carbons (Fsp3) is 0.235. The number of aromatic hydroxyl groups is 1. The molecular weight excluding hydrogens is 360 g/mol. The summed E-state index contributed by atoms with van der Waals surface area (Å²) in [6, 6.07) is 5.26. The van der Waals surface area contributed by atoms with Crippen molar-refractivity contribution in [3.05, 3.63) is 60.4 Å². The number of aromatic nitrogens is 1. The Bertz CT molecular complexity index is 1020. The fourth-order valence-electron chi connectivity index (χ4n) is 2.42. The van der Waals surface area contributed by atoms with Gasteiger partial charge in [-0.3, -0.25) is 24.5 Å². The molecule has 1 N–H and O–H groups in total. The van der Waals surface area contributed by atoms with Gasteiger partial charge in [-0.05, 0) is 32.4 Å². The molecular formula is C17H15ClN4O4. The van der Waals surface area contributed by atoms with Gasteiger partial charge in [0, 0.05) is 24.4 Å². The van der Waals surface area contributed by atoms with Gasteiger partial charge < -0.3 is 5.11 Å². The molecule has 2 aromatic rings. The predicted molar refractivity (Wildman–Crippen MR) is 97.6 cm³/mol. The minimum absolute atomic E-state index is 0.0604. The maximum absolute atomic E-state index is 12.3. The van der Waals surface area contributed by atoms with Gasteiger partial charge in [0.25, 0.3) is 11.2 Å². The van der Waals surface area contributed by atoms with Crippen molar-refractivity contribution in [2.75, 3.05) is 0 Å². The Balaban J connectivity index is 2.62. The van der Waals surface area contributed by atoms with Crippen LogP contribution < -0.4 is 5.56 Å². The summed E-state index contributed by atoms with van der Waals surface area (Å²) in [5, 5.41) is 30.5. The molecule has 0 atom stereocenters. The summed E-state index contributed by atoms with van der Waals surface area (Å²) >= 11 is 6.00. The second-order valence-corrected chi connectivity index (χ2v) is 6.18. The molecule has 0 saturated heterocycles. The third-order valence-electron chi connectivity index (χ3n) is 3.78. The smallest absolute Gasteiger partial charge is 0.271 e. The van der Waals surface area contributed by atoms with Crippen molar-refractivity contribution < 1.29 is 10.0 Å². The number of benzene rings is 1. The van der Waals surface area contributed by atoms with Crippen LogP contribution >= 0.6 is 11.6 Å². The first-order valence-electron chi connectivity index (χ1n) is 7.55. The molecule has 0 fully saturated rings. The summed E-state index contributed by atoms with van der Waals surface area (Å²) in [6.07, 6.45) is 1.27. The minimum atomic E-state index is -0.581. The van der Waals surface area contributed by atoms with Crippen molar-refractivity contribution in [2.45, 2.75) is 26.8 Å². The zero-order valence-electron chi connectivity index (χ0n) is 14.2. The van der Waals surface area contributed by atoms with Gasteiger partial charge in [-0.25, -0.2) is 0 Å². The van der Waals surface area contributed by atoms with E-state index in [1.54, 1.807) is 13.8 Å². The van der Waals surface area contributed by atoms with Gasteiger partial charge in [-0.15, -0.1) is 0 Å². The lowest BCUT2D eigenvalue weighted by atomic mass is 10.1. The molecule has 0 aliphatic carbocycles. The van der Waals surface area contributed by atoms with E-state index in [2.05, 4.69) is 4.99 Å². The Kier molecular flexibility index (Phi) is 5.43. The number of aliphatic imine (C=N–C) groups is 1. The molecule has 134 valence electrons. The largest absolute Gasteiger partial charge is 0.494 e. The molecule has 0 radical (unpaired) electrons. The topological polar surface area (TPSA) is 122 Å². The molecule has 0 aliphatic heterocycles. The van der Waals surface area contributed by atoms with Crippen LogP contribution in [0.15, 0.2) is 28.0 Å². The highest BCUT2D eigenvalue weighted by molar-refractivity contribution is 6.33. The summed E-state index contributed by atoms with van der Waals surface area (Å²) in [4.78, 5) is 26.6. The number of non-ortho nitro benzene ring substituents is 1. The second kappa shape index (κ2) is 7.37. The van der Waals surface area contributed by atoms with Gasteiger partial charge in [-0.1, -0.05) is 11.6 Å². The normalized spacial score (nSPS) is 11.1. The van der Waals surface area contributed by atoms with E-state index < -0.39 is 10.5 Å². The summed E-state index contributed by atoms with van der Waals surface area (Å²) in [5.41, 5.74) is -0.112. The van der Waals surface area contributed by atoms with Crippen LogP contribution in [-0.2, 0) is 0 Å². The molecule has 1 aromatic heterocycles. The van der Waals surface area contributed by atoms with Crippen molar-refractivity contribution in [3.8, 4) is 11.9 Å². The van der Waals surface area contributed by atoms with Gasteiger partial charge in [-0.2, -0.15) is 5.26 Å². The Hall–Kier alpha value is -3.18. The van der Waals surface area contributed by atoms with Crippen LogP contribution in [0.5, 0.6) is 5.88 Å². The SMILES string of the molecule is Cc1c(C=Nc2ccc([N+](=O)[O-])cc2Cl)c(O)n(C(C)C)c(=O)c1C#N. The molecule has 0 amide bonds. The van der Waals surface area contributed by atoms with Crippen LogP contribution in [-0.4, -0.2) is 20.8 Å². The Morgan fingerprint density at radius 1 is 1.46 bits per heavy atom. The highest BCUT2D eigenvalue weighted by Gasteiger charge is 2.19. The van der Waals surface area contributed by atoms with E-state index in [9.17, 15) is 25.3 Å². The molecule has 0 saturated carbocycles. The number of nitriles is 1. The highest BCUT2D eigenvalue weighted by Crippen LogP contribution is 2.30. The zero-order chi connectivity index (χ0) is 19.6. The first-order chi connectivity index (χ1) is 12.2. The second-order valence-electron chi connectivity index (χ2n) is 5.77. The Morgan fingerprint density at radius 3 is 2.62 bits per heavy atom. The first kappa shape index (κ1) is 19.1. The third kappa shape index (κ3) is 3.43. The average Bonchev–Trinajstić information content (AvgIpc) is 2.55. The van der Waals surface area contributed by atoms with E-state index in [1.807, 2.05) is 6.07 Å². The lowest BCUT2D eigenvalue weighted by Gasteiger charge is -2.16. The van der Waals surface area contributed by atoms with Crippen LogP contribution in [0.1, 0.15) is 36.6 Å². The lowest BCUT2D eigenvalue weighted by molar-refractivity contribution is -0.384. The summed E-state index contributed by atoms with van der Waals surface area (Å²) in [6.45, 7) is 4.93. The van der Waals surface area contributed by atoms with E-state index in [0.717, 1.165) is 10.6 Å². The number of nitro groups is 1. The summed E-state index contributed by atoms with van der Waals surface area (Å²) in [7, 11) is 0. The van der Waals surface area contributed by atoms with Gasteiger partial charge in [0.1, 0.15) is 11.6 Å². The maximum Gasteiger partial charge on any atom is 0.271 e. The van der Waals surface area contributed by atoms with Gasteiger partial charge in [0.2, 0.25) is 5.88 Å². The van der Waals surface area contributed by atoms with Crippen LogP contribution in [0.4, 0.5) is 11.4 Å². The van der Waals surface area contributed by atoms with Crippen LogP contribution in [0, 0.1) is 28.4 Å². The quantitative estimate of drug-likeness (QED) is 0.497. The average molecular weight is 375 g/mol. The number of halogens is 1. The molecule has 26 heavy (non-hydrogen) atoms. The molecule has 2 rings (SSSR count). The monoisotopic (exact) mass is 374 g/mol. The van der Waals surface area contributed by atoms with Crippen molar-refractivity contribution in [3.63, 3.8) is 0 Å². The molecule has 1 aromatic carbocycles. The first-order valence-corrected chi connectivity index (χ1v) is 7.93. The highest BCUT2D eigenvalue weighted by atomic mass is 35.5. The summed E-state index contributed by atoms with van der Waals surface area (Å²) < 4.78 is 1.10. The van der Waals surface area contributed by atoms with E-state index >= 15 is 0 Å². The Labute approximate surface area is 153 Å². The maximum atomic E-state index is 12.3. The van der Waals surface area contributed by atoms with Crippen molar-refractivity contribution >= 4 is 29.2 Å². The standard InChI is InChI=1S/C17H15ClN4O4/c1-9(2)21-16(23)12(7-19)10(3)13(17(21)24)8-20-15-5-4-11(22(25)26)6-14(15)18/h4-6,8-9,24H,1-3H3. The van der Waals surface area contributed by atoms with Crippen LogP contribution in [0.25, 0.3) is 0 Å². The van der Waals surface area contributed by atoms with Crippen molar-refractivity contribution in [1.82, 2.24) is 4.57 Å². The van der Waals surface area contributed by atoms with Crippen molar-refractivity contribution in [1.29, 1.82) is 5.26 Å². The van der Waals surface area contributed by atoms with E-state index in [-0.39, 0.29) is 45.0 Å². The van der Waals surface area contributed by atoms with Crippen LogP contribution in [0.2, 0.25) is 5.02 Å². The predicted octanol–water partition coefficient (Wildman–Crippen LogP) is 3.63. The fourth-order valence-corrected chi connectivity index (χ4v) is 2.65. The number of rotatable bonds is 4. The molecule has 0 bridgehead atoms. The Morgan fingerprint density at radius 2 is 2.12 bits per heavy atom. The van der Waals surface area contributed by atoms with Gasteiger partial charge >= 0.3 is 0 Å². The molecule has 9 heteroatoms. The number of hydrogen-bond acceptors (Lipinski definition) is 6. The number of hydrogen-bond donors (Lipinski definition) is 1. The number of nitro benzene ring substituents is 1. The summed E-state index contributed by atoms with van der Waals surface area (Å²) in [5.74, 6) is -0.316. The number of nitrogens with zero attached hydrogens (tertiary/aromatic N) is 4. The van der Waals surface area contributed by atoms with E-state index in [4.69, 9.17) is 11.6 Å². The van der Waals surface area contributed by atoms with Gasteiger partial charge in [0.15, 0.2) is 0 Å². The van der Waals surface area contributed by atoms with Crippen molar-refractivity contribution in [2.24, 2.45) is 4.99 Å². The third-order valence-corrected chi connectivity index (χ3v) is 4.09. The minimum Gasteiger partial charge on any atom is -0.494 e. The van der Waals surface area contributed by atoms with Crippen LogP contribution in [0.3, 0.4) is 0 Å². The number of pyridine rings is 1. The molecule has 1 heterocycles. The molecule has 0 aliphatic rings. The van der Waals surface area contributed by atoms with E-state index in [1.165, 1.54) is 25.3 Å². The molecule has 0 spiro atoms. The lowest BCUT2D eigenvalue weighted by Crippen LogP contribution is -2.26. The van der Waals surface area contributed by atoms with E-state index in [0.29, 0.717) is 0 Å². The molecule has 8 nitrogen and oxygen atoms in total. The molecule has 0 unspecified atom stereocenters. The zero-order valence-corrected chi connectivity index (χ0v) is 15.0.